The van der Waals surface area contributed by atoms with Crippen molar-refractivity contribution in [2.24, 2.45) is 5.73 Å². The fourth-order valence-corrected chi connectivity index (χ4v) is 1.11. The maximum Gasteiger partial charge on any atom is 0.0888 e. The Bertz CT molecular complexity index is 275. The lowest BCUT2D eigenvalue weighted by molar-refractivity contribution is 0.803. The third-order valence-electron chi connectivity index (χ3n) is 1.95. The van der Waals surface area contributed by atoms with Crippen molar-refractivity contribution in [2.45, 2.75) is 19.9 Å². The van der Waals surface area contributed by atoms with Crippen LogP contribution in [0, 0.1) is 0 Å². The van der Waals surface area contributed by atoms with Crippen LogP contribution in [-0.4, -0.2) is 0 Å². The van der Waals surface area contributed by atoms with E-state index in [4.69, 9.17) is 5.73 Å². The van der Waals surface area contributed by atoms with Gasteiger partial charge in [0.25, 0.3) is 0 Å². The van der Waals surface area contributed by atoms with E-state index in [9.17, 15) is 0 Å². The van der Waals surface area contributed by atoms with Gasteiger partial charge < -0.3 is 11.1 Å². The van der Waals surface area contributed by atoms with E-state index in [1.165, 1.54) is 11.1 Å². The van der Waals surface area contributed by atoms with Gasteiger partial charge in [0.2, 0.25) is 0 Å². The minimum atomic E-state index is 0.513. The van der Waals surface area contributed by atoms with E-state index in [1.807, 2.05) is 0 Å². The molecule has 0 amide bonds. The standard InChI is InChI=1S/C11H16N2/c1-3-10-4-6-11(7-5-10)8-13-9(2)12/h4-7,13H,2-3,8,12H2,1H3. The second-order valence-electron chi connectivity index (χ2n) is 3.05. The number of nitrogens with two attached hydrogens (primary N) is 1. The average Bonchev–Trinajstić information content (AvgIpc) is 2.15. The first-order valence-corrected chi connectivity index (χ1v) is 4.48. The van der Waals surface area contributed by atoms with E-state index in [0.717, 1.165) is 13.0 Å². The number of hydrogen-bond donors (Lipinski definition) is 2. The molecule has 0 aliphatic carbocycles. The van der Waals surface area contributed by atoms with Crippen LogP contribution in [0.25, 0.3) is 0 Å². The number of aryl methyl sites for hydroxylation is 1. The highest BCUT2D eigenvalue weighted by Gasteiger charge is 1.92. The van der Waals surface area contributed by atoms with Gasteiger partial charge in [-0.15, -0.1) is 0 Å². The van der Waals surface area contributed by atoms with Crippen LogP contribution in [0.3, 0.4) is 0 Å². The molecule has 0 radical (unpaired) electrons. The van der Waals surface area contributed by atoms with Crippen LogP contribution in [0.4, 0.5) is 0 Å². The quantitative estimate of drug-likeness (QED) is 0.733. The molecule has 0 unspecified atom stereocenters. The molecule has 0 spiro atoms. The van der Waals surface area contributed by atoms with Crippen molar-refractivity contribution in [1.82, 2.24) is 5.32 Å². The number of benzene rings is 1. The molecule has 0 aliphatic heterocycles. The average molecular weight is 176 g/mol. The third-order valence-corrected chi connectivity index (χ3v) is 1.95. The Morgan fingerprint density at radius 1 is 1.31 bits per heavy atom. The van der Waals surface area contributed by atoms with Crippen LogP contribution in [0.2, 0.25) is 0 Å². The highest BCUT2D eigenvalue weighted by molar-refractivity contribution is 5.22. The van der Waals surface area contributed by atoms with Gasteiger partial charge in [0, 0.05) is 6.54 Å². The fourth-order valence-electron chi connectivity index (χ4n) is 1.11. The van der Waals surface area contributed by atoms with Crippen LogP contribution in [-0.2, 0) is 13.0 Å². The van der Waals surface area contributed by atoms with Gasteiger partial charge in [-0.3, -0.25) is 0 Å². The van der Waals surface area contributed by atoms with Gasteiger partial charge in [-0.1, -0.05) is 37.8 Å². The number of nitrogens with one attached hydrogen (secondary N) is 1. The second-order valence-corrected chi connectivity index (χ2v) is 3.05. The summed E-state index contributed by atoms with van der Waals surface area (Å²) in [5.74, 6) is 0.513. The van der Waals surface area contributed by atoms with Crippen LogP contribution < -0.4 is 11.1 Å². The highest BCUT2D eigenvalue weighted by Crippen LogP contribution is 2.04. The smallest absolute Gasteiger partial charge is 0.0888 e. The van der Waals surface area contributed by atoms with E-state index in [1.54, 1.807) is 0 Å². The number of rotatable bonds is 4. The highest BCUT2D eigenvalue weighted by atomic mass is 15.0. The molecule has 70 valence electrons. The van der Waals surface area contributed by atoms with Crippen LogP contribution in [0.1, 0.15) is 18.1 Å². The normalized spacial score (nSPS) is 9.62. The molecule has 3 N–H and O–H groups in total. The van der Waals surface area contributed by atoms with Crippen molar-refractivity contribution in [3.8, 4) is 0 Å². The van der Waals surface area contributed by atoms with Crippen molar-refractivity contribution < 1.29 is 0 Å². The first kappa shape index (κ1) is 9.65. The van der Waals surface area contributed by atoms with E-state index in [2.05, 4.69) is 43.1 Å². The van der Waals surface area contributed by atoms with Crippen LogP contribution >= 0.6 is 0 Å². The lowest BCUT2D eigenvalue weighted by Crippen LogP contribution is -2.17. The number of hydrogen-bond acceptors (Lipinski definition) is 2. The molecule has 1 rings (SSSR count). The van der Waals surface area contributed by atoms with Crippen LogP contribution in [0.15, 0.2) is 36.7 Å². The summed E-state index contributed by atoms with van der Waals surface area (Å²) in [6.45, 7) is 6.47. The van der Waals surface area contributed by atoms with E-state index < -0.39 is 0 Å². The fraction of sp³-hybridized carbons (Fsp3) is 0.273. The zero-order valence-electron chi connectivity index (χ0n) is 8.01. The monoisotopic (exact) mass is 176 g/mol. The Hall–Kier alpha value is -1.44. The van der Waals surface area contributed by atoms with E-state index in [0.29, 0.717) is 5.82 Å². The maximum atomic E-state index is 5.39. The van der Waals surface area contributed by atoms with Gasteiger partial charge in [0.1, 0.15) is 0 Å². The van der Waals surface area contributed by atoms with E-state index >= 15 is 0 Å². The zero-order chi connectivity index (χ0) is 9.68. The Kier molecular flexibility index (Phi) is 3.38. The zero-order valence-corrected chi connectivity index (χ0v) is 8.01. The Balaban J connectivity index is 2.54. The molecule has 2 heteroatoms. The topological polar surface area (TPSA) is 38.0 Å². The van der Waals surface area contributed by atoms with Gasteiger partial charge in [0.15, 0.2) is 0 Å². The molecule has 0 aromatic heterocycles. The van der Waals surface area contributed by atoms with E-state index in [-0.39, 0.29) is 0 Å². The third kappa shape index (κ3) is 3.20. The van der Waals surface area contributed by atoms with Gasteiger partial charge in [0.05, 0.1) is 5.82 Å². The van der Waals surface area contributed by atoms with Crippen molar-refractivity contribution in [3.05, 3.63) is 47.8 Å². The van der Waals surface area contributed by atoms with Crippen LogP contribution in [0.5, 0.6) is 0 Å². The first-order chi connectivity index (χ1) is 6.22. The molecule has 1 aromatic rings. The summed E-state index contributed by atoms with van der Waals surface area (Å²) in [6, 6.07) is 8.48. The predicted octanol–water partition coefficient (Wildman–Crippen LogP) is 1.77. The van der Waals surface area contributed by atoms with Gasteiger partial charge in [-0.05, 0) is 17.5 Å². The minimum Gasteiger partial charge on any atom is -0.386 e. The second kappa shape index (κ2) is 4.55. The molecule has 0 saturated carbocycles. The van der Waals surface area contributed by atoms with Crippen molar-refractivity contribution in [1.29, 1.82) is 0 Å². The first-order valence-electron chi connectivity index (χ1n) is 4.48. The maximum absolute atomic E-state index is 5.39. The molecule has 0 fully saturated rings. The minimum absolute atomic E-state index is 0.513. The molecule has 0 atom stereocenters. The Morgan fingerprint density at radius 3 is 2.31 bits per heavy atom. The molecule has 0 aliphatic rings. The largest absolute Gasteiger partial charge is 0.386 e. The molecular formula is C11H16N2. The lowest BCUT2D eigenvalue weighted by Gasteiger charge is -2.05. The van der Waals surface area contributed by atoms with Gasteiger partial charge in [-0.2, -0.15) is 0 Å². The molecule has 2 nitrogen and oxygen atoms in total. The SMILES string of the molecule is C=C(N)NCc1ccc(CC)cc1. The van der Waals surface area contributed by atoms with Crippen molar-refractivity contribution in [3.63, 3.8) is 0 Å². The molecule has 0 saturated heterocycles. The molecule has 13 heavy (non-hydrogen) atoms. The lowest BCUT2D eigenvalue weighted by atomic mass is 10.1. The Labute approximate surface area is 79.5 Å². The Morgan fingerprint density at radius 2 is 1.85 bits per heavy atom. The summed E-state index contributed by atoms with van der Waals surface area (Å²) in [5, 5.41) is 2.98. The molecular weight excluding hydrogens is 160 g/mol. The van der Waals surface area contributed by atoms with Crippen molar-refractivity contribution >= 4 is 0 Å². The summed E-state index contributed by atoms with van der Waals surface area (Å²) < 4.78 is 0. The summed E-state index contributed by atoms with van der Waals surface area (Å²) >= 11 is 0. The molecule has 1 aromatic carbocycles. The summed E-state index contributed by atoms with van der Waals surface area (Å²) in [6.07, 6.45) is 1.08. The van der Waals surface area contributed by atoms with Gasteiger partial charge >= 0.3 is 0 Å². The van der Waals surface area contributed by atoms with Crippen molar-refractivity contribution in [2.75, 3.05) is 0 Å². The summed E-state index contributed by atoms with van der Waals surface area (Å²) in [7, 11) is 0. The predicted molar refractivity (Wildman–Crippen MR) is 56.0 cm³/mol. The molecule has 0 bridgehead atoms. The summed E-state index contributed by atoms with van der Waals surface area (Å²) in [5.41, 5.74) is 7.97. The summed E-state index contributed by atoms with van der Waals surface area (Å²) in [4.78, 5) is 0. The molecule has 0 heterocycles. The van der Waals surface area contributed by atoms with Gasteiger partial charge in [-0.25, -0.2) is 0 Å².